The molecule has 0 spiro atoms. The number of halogens is 1. The van der Waals surface area contributed by atoms with Gasteiger partial charge in [0.25, 0.3) is 0 Å². The number of nitrogens with zero attached hydrogens (tertiary/aromatic N) is 2. The highest BCUT2D eigenvalue weighted by Crippen LogP contribution is 2.15. The molecule has 6 nitrogen and oxygen atoms in total. The van der Waals surface area contributed by atoms with E-state index in [1.165, 1.54) is 25.9 Å². The molecule has 0 bridgehead atoms. The molecule has 0 aliphatic carbocycles. The van der Waals surface area contributed by atoms with Gasteiger partial charge in [0, 0.05) is 33.3 Å². The number of rotatable bonds is 9. The van der Waals surface area contributed by atoms with Crippen molar-refractivity contribution in [2.75, 3.05) is 46.4 Å². The number of piperidine rings is 1. The van der Waals surface area contributed by atoms with Crippen LogP contribution < -0.4 is 10.6 Å². The summed E-state index contributed by atoms with van der Waals surface area (Å²) < 4.78 is 10.8. The van der Waals surface area contributed by atoms with E-state index in [1.807, 2.05) is 19.2 Å². The monoisotopic (exact) mass is 464 g/mol. The molecule has 144 valence electrons. The Morgan fingerprint density at radius 3 is 3.04 bits per heavy atom. The van der Waals surface area contributed by atoms with Gasteiger partial charge in [0.05, 0.1) is 6.26 Å². The molecule has 1 fully saturated rings. The van der Waals surface area contributed by atoms with Gasteiger partial charge in [-0.15, -0.1) is 24.0 Å². The molecular formula is C18H33IN4O2. The molecule has 2 heterocycles. The summed E-state index contributed by atoms with van der Waals surface area (Å²) in [4.78, 5) is 6.83. The largest absolute Gasteiger partial charge is 0.467 e. The first-order valence-corrected chi connectivity index (χ1v) is 9.08. The Kier molecular flexibility index (Phi) is 11.9. The standard InChI is InChI=1S/C18H32N4O2.HI/c1-3-22-10-4-7-16(14-22)13-21-18(19-2)20-9-6-11-23-15-17-8-5-12-24-17;/h5,8,12,16H,3-4,6-7,9-11,13-15H2,1-2H3,(H2,19,20,21);1H. The number of ether oxygens (including phenoxy) is 1. The average molecular weight is 464 g/mol. The van der Waals surface area contributed by atoms with E-state index in [-0.39, 0.29) is 24.0 Å². The van der Waals surface area contributed by atoms with Gasteiger partial charge in [-0.2, -0.15) is 0 Å². The lowest BCUT2D eigenvalue weighted by Crippen LogP contribution is -2.44. The van der Waals surface area contributed by atoms with Gasteiger partial charge in [-0.3, -0.25) is 4.99 Å². The van der Waals surface area contributed by atoms with Gasteiger partial charge in [-0.25, -0.2) is 0 Å². The van der Waals surface area contributed by atoms with Gasteiger partial charge in [0.1, 0.15) is 12.4 Å². The topological polar surface area (TPSA) is 62.0 Å². The number of aliphatic imine (C=N–C) groups is 1. The Morgan fingerprint density at radius 1 is 1.44 bits per heavy atom. The Morgan fingerprint density at radius 2 is 2.32 bits per heavy atom. The number of likely N-dealkylation sites (tertiary alicyclic amines) is 1. The number of hydrogen-bond acceptors (Lipinski definition) is 4. The van der Waals surface area contributed by atoms with E-state index in [2.05, 4.69) is 27.4 Å². The molecule has 0 radical (unpaired) electrons. The fraction of sp³-hybridized carbons (Fsp3) is 0.722. The van der Waals surface area contributed by atoms with Gasteiger partial charge in [-0.05, 0) is 50.4 Å². The first-order valence-electron chi connectivity index (χ1n) is 9.08. The van der Waals surface area contributed by atoms with Crippen molar-refractivity contribution in [3.8, 4) is 0 Å². The molecule has 2 N–H and O–H groups in total. The van der Waals surface area contributed by atoms with Crippen LogP contribution in [0.25, 0.3) is 0 Å². The summed E-state index contributed by atoms with van der Waals surface area (Å²) in [5.74, 6) is 2.47. The Hall–Kier alpha value is -0.800. The third-order valence-corrected chi connectivity index (χ3v) is 4.41. The number of nitrogens with one attached hydrogen (secondary N) is 2. The Bertz CT molecular complexity index is 468. The molecule has 0 aromatic carbocycles. The fourth-order valence-corrected chi connectivity index (χ4v) is 3.02. The van der Waals surface area contributed by atoms with Crippen LogP contribution in [0.1, 0.15) is 31.9 Å². The van der Waals surface area contributed by atoms with Crippen LogP contribution in [0.15, 0.2) is 27.8 Å². The Labute approximate surface area is 168 Å². The van der Waals surface area contributed by atoms with Gasteiger partial charge in [-0.1, -0.05) is 6.92 Å². The molecule has 2 rings (SSSR count). The summed E-state index contributed by atoms with van der Waals surface area (Å²) >= 11 is 0. The number of hydrogen-bond donors (Lipinski definition) is 2. The van der Waals surface area contributed by atoms with E-state index in [0.717, 1.165) is 37.8 Å². The molecule has 1 saturated heterocycles. The maximum absolute atomic E-state index is 5.57. The second-order valence-electron chi connectivity index (χ2n) is 6.27. The number of furan rings is 1. The third kappa shape index (κ3) is 8.91. The van der Waals surface area contributed by atoms with Crippen LogP contribution in [0.3, 0.4) is 0 Å². The lowest BCUT2D eigenvalue weighted by atomic mass is 9.98. The first-order chi connectivity index (χ1) is 11.8. The van der Waals surface area contributed by atoms with E-state index in [4.69, 9.17) is 9.15 Å². The minimum absolute atomic E-state index is 0. The quantitative estimate of drug-likeness (QED) is 0.255. The first kappa shape index (κ1) is 22.2. The second-order valence-corrected chi connectivity index (χ2v) is 6.27. The summed E-state index contributed by atoms with van der Waals surface area (Å²) in [5, 5.41) is 6.80. The predicted octanol–water partition coefficient (Wildman–Crippen LogP) is 2.70. The summed E-state index contributed by atoms with van der Waals surface area (Å²) in [7, 11) is 1.82. The van der Waals surface area contributed by atoms with E-state index in [1.54, 1.807) is 6.26 Å². The third-order valence-electron chi connectivity index (χ3n) is 4.41. The molecule has 25 heavy (non-hydrogen) atoms. The van der Waals surface area contributed by atoms with Gasteiger partial charge < -0.3 is 24.7 Å². The van der Waals surface area contributed by atoms with Crippen molar-refractivity contribution in [3.63, 3.8) is 0 Å². The molecule has 1 unspecified atom stereocenters. The lowest BCUT2D eigenvalue weighted by Gasteiger charge is -2.32. The predicted molar refractivity (Wildman–Crippen MR) is 113 cm³/mol. The lowest BCUT2D eigenvalue weighted by molar-refractivity contribution is 0.105. The van der Waals surface area contributed by atoms with E-state index in [0.29, 0.717) is 19.1 Å². The van der Waals surface area contributed by atoms with Crippen molar-refractivity contribution in [2.45, 2.75) is 32.8 Å². The van der Waals surface area contributed by atoms with Gasteiger partial charge in [0.15, 0.2) is 5.96 Å². The van der Waals surface area contributed by atoms with Crippen molar-refractivity contribution < 1.29 is 9.15 Å². The van der Waals surface area contributed by atoms with Gasteiger partial charge in [0.2, 0.25) is 0 Å². The van der Waals surface area contributed by atoms with Crippen molar-refractivity contribution in [1.29, 1.82) is 0 Å². The highest BCUT2D eigenvalue weighted by Gasteiger charge is 2.18. The van der Waals surface area contributed by atoms with Crippen molar-refractivity contribution in [3.05, 3.63) is 24.2 Å². The minimum Gasteiger partial charge on any atom is -0.467 e. The number of guanidine groups is 1. The van der Waals surface area contributed by atoms with Crippen LogP contribution >= 0.6 is 24.0 Å². The average Bonchev–Trinajstić information content (AvgIpc) is 3.14. The molecule has 1 aromatic heterocycles. The molecule has 7 heteroatoms. The van der Waals surface area contributed by atoms with Crippen molar-refractivity contribution in [1.82, 2.24) is 15.5 Å². The zero-order valence-corrected chi connectivity index (χ0v) is 17.8. The normalized spacial score (nSPS) is 18.6. The van der Waals surface area contributed by atoms with Crippen LogP contribution in [0.2, 0.25) is 0 Å². The van der Waals surface area contributed by atoms with Crippen LogP contribution in [-0.2, 0) is 11.3 Å². The van der Waals surface area contributed by atoms with Crippen molar-refractivity contribution >= 4 is 29.9 Å². The summed E-state index contributed by atoms with van der Waals surface area (Å²) in [5.41, 5.74) is 0. The molecule has 1 aliphatic heterocycles. The van der Waals surface area contributed by atoms with Crippen LogP contribution in [0.4, 0.5) is 0 Å². The van der Waals surface area contributed by atoms with E-state index < -0.39 is 0 Å². The van der Waals surface area contributed by atoms with E-state index >= 15 is 0 Å². The zero-order valence-electron chi connectivity index (χ0n) is 15.5. The highest BCUT2D eigenvalue weighted by molar-refractivity contribution is 14.0. The SMILES string of the molecule is CCN1CCCC(CNC(=NC)NCCCOCc2ccco2)C1.I. The second kappa shape index (κ2) is 13.4. The van der Waals surface area contributed by atoms with Gasteiger partial charge >= 0.3 is 0 Å². The Balaban J connectivity index is 0.00000312. The summed E-state index contributed by atoms with van der Waals surface area (Å²) in [6, 6.07) is 3.80. The molecule has 0 saturated carbocycles. The molecule has 0 amide bonds. The summed E-state index contributed by atoms with van der Waals surface area (Å²) in [6.45, 7) is 8.92. The highest BCUT2D eigenvalue weighted by atomic mass is 127. The maximum Gasteiger partial charge on any atom is 0.190 e. The van der Waals surface area contributed by atoms with Crippen LogP contribution in [0, 0.1) is 5.92 Å². The molecule has 1 atom stereocenters. The maximum atomic E-state index is 5.57. The molecule has 1 aromatic rings. The minimum atomic E-state index is 0. The fourth-order valence-electron chi connectivity index (χ4n) is 3.02. The van der Waals surface area contributed by atoms with E-state index in [9.17, 15) is 0 Å². The zero-order chi connectivity index (χ0) is 17.0. The smallest absolute Gasteiger partial charge is 0.190 e. The molecule has 1 aliphatic rings. The molecular weight excluding hydrogens is 431 g/mol. The van der Waals surface area contributed by atoms with Crippen LogP contribution in [0.5, 0.6) is 0 Å². The van der Waals surface area contributed by atoms with Crippen LogP contribution in [-0.4, -0.2) is 57.2 Å². The summed E-state index contributed by atoms with van der Waals surface area (Å²) in [6.07, 6.45) is 5.22. The van der Waals surface area contributed by atoms with Crippen molar-refractivity contribution in [2.24, 2.45) is 10.9 Å².